The van der Waals surface area contributed by atoms with Crippen LogP contribution >= 0.6 is 34.8 Å². The number of halogens is 3. The van der Waals surface area contributed by atoms with Gasteiger partial charge in [-0.15, -0.1) is 0 Å². The molecular weight excluding hydrogens is 365 g/mol. The van der Waals surface area contributed by atoms with Gasteiger partial charge in [0.05, 0.1) is 11.4 Å². The molecule has 0 saturated heterocycles. The first-order chi connectivity index (χ1) is 11.6. The molecule has 0 aliphatic carbocycles. The number of benzene rings is 2. The lowest BCUT2D eigenvalue weighted by molar-refractivity contribution is 0.840. The van der Waals surface area contributed by atoms with E-state index in [1.54, 1.807) is 6.07 Å². The zero-order valence-corrected chi connectivity index (χ0v) is 15.0. The van der Waals surface area contributed by atoms with Crippen LogP contribution in [0.25, 0.3) is 5.69 Å². The van der Waals surface area contributed by atoms with E-state index in [-0.39, 0.29) is 0 Å². The van der Waals surface area contributed by atoms with Crippen LogP contribution < -0.4 is 5.32 Å². The highest BCUT2D eigenvalue weighted by molar-refractivity contribution is 6.35. The van der Waals surface area contributed by atoms with Crippen molar-refractivity contribution in [3.63, 3.8) is 0 Å². The van der Waals surface area contributed by atoms with Gasteiger partial charge in [-0.25, -0.2) is 4.68 Å². The molecule has 0 radical (unpaired) electrons. The van der Waals surface area contributed by atoms with Gasteiger partial charge in [0.25, 0.3) is 0 Å². The molecule has 2 aromatic carbocycles. The fraction of sp³-hybridized carbons (Fsp3) is 0.167. The van der Waals surface area contributed by atoms with Crippen LogP contribution in [0.15, 0.2) is 42.5 Å². The smallest absolute Gasteiger partial charge is 0.133 e. The zero-order chi connectivity index (χ0) is 16.7. The maximum Gasteiger partial charge on any atom is 0.133 e. The first-order valence-corrected chi connectivity index (χ1v) is 8.80. The Balaban J connectivity index is 1.74. The van der Waals surface area contributed by atoms with Crippen LogP contribution in [-0.2, 0) is 12.8 Å². The Hall–Kier alpha value is -1.68. The van der Waals surface area contributed by atoms with Gasteiger partial charge in [0.2, 0.25) is 0 Å². The fourth-order valence-corrected chi connectivity index (χ4v) is 3.60. The molecule has 0 bridgehead atoms. The highest BCUT2D eigenvalue weighted by Crippen LogP contribution is 2.32. The Morgan fingerprint density at radius 1 is 1.00 bits per heavy atom. The maximum atomic E-state index is 6.32. The molecule has 3 nitrogen and oxygen atoms in total. The minimum Gasteiger partial charge on any atom is -0.369 e. The Bertz CT molecular complexity index is 901. The minimum absolute atomic E-state index is 0.641. The molecule has 122 valence electrons. The predicted molar refractivity (Wildman–Crippen MR) is 100 cm³/mol. The molecule has 24 heavy (non-hydrogen) atoms. The molecule has 0 amide bonds. The average molecular weight is 379 g/mol. The van der Waals surface area contributed by atoms with Gasteiger partial charge in [0, 0.05) is 33.6 Å². The molecule has 0 saturated carbocycles. The van der Waals surface area contributed by atoms with E-state index in [1.807, 2.05) is 41.1 Å². The number of hydrogen-bond donors (Lipinski definition) is 1. The highest BCUT2D eigenvalue weighted by atomic mass is 35.5. The van der Waals surface area contributed by atoms with Crippen molar-refractivity contribution in [1.82, 2.24) is 9.78 Å². The quantitative estimate of drug-likeness (QED) is 0.662. The monoisotopic (exact) mass is 377 g/mol. The number of hydrogen-bond acceptors (Lipinski definition) is 2. The summed E-state index contributed by atoms with van der Waals surface area (Å²) in [6, 6.07) is 13.3. The number of nitrogens with zero attached hydrogens (tertiary/aromatic N) is 2. The average Bonchev–Trinajstić information content (AvgIpc) is 3.15. The number of anilines is 1. The molecule has 2 heterocycles. The van der Waals surface area contributed by atoms with Crippen molar-refractivity contribution < 1.29 is 0 Å². The summed E-state index contributed by atoms with van der Waals surface area (Å²) >= 11 is 18.3. The van der Waals surface area contributed by atoms with Gasteiger partial charge in [-0.2, -0.15) is 5.10 Å². The van der Waals surface area contributed by atoms with E-state index >= 15 is 0 Å². The summed E-state index contributed by atoms with van der Waals surface area (Å²) in [5.74, 6) is 1.05. The topological polar surface area (TPSA) is 29.9 Å². The third kappa shape index (κ3) is 2.88. The SMILES string of the molecule is Clc1ccc(-n2nc(Cc3ccc(Cl)cc3Cl)c3c2NCC3)cc1. The molecule has 0 fully saturated rings. The maximum absolute atomic E-state index is 6.32. The largest absolute Gasteiger partial charge is 0.369 e. The van der Waals surface area contributed by atoms with Gasteiger partial charge in [-0.3, -0.25) is 0 Å². The van der Waals surface area contributed by atoms with Gasteiger partial charge in [0.15, 0.2) is 0 Å². The van der Waals surface area contributed by atoms with Crippen molar-refractivity contribution in [1.29, 1.82) is 0 Å². The first-order valence-electron chi connectivity index (χ1n) is 7.66. The Morgan fingerprint density at radius 2 is 1.75 bits per heavy atom. The lowest BCUT2D eigenvalue weighted by Crippen LogP contribution is -2.05. The number of aromatic nitrogens is 2. The lowest BCUT2D eigenvalue weighted by atomic mass is 10.1. The zero-order valence-electron chi connectivity index (χ0n) is 12.7. The highest BCUT2D eigenvalue weighted by Gasteiger charge is 2.23. The summed E-state index contributed by atoms with van der Waals surface area (Å²) in [4.78, 5) is 0. The lowest BCUT2D eigenvalue weighted by Gasteiger charge is -2.06. The molecule has 1 aliphatic heterocycles. The number of fused-ring (bicyclic) bond motifs is 1. The van der Waals surface area contributed by atoms with Crippen LogP contribution in [0.5, 0.6) is 0 Å². The van der Waals surface area contributed by atoms with Crippen molar-refractivity contribution in [3.8, 4) is 5.69 Å². The molecule has 1 aromatic heterocycles. The number of rotatable bonds is 3. The summed E-state index contributed by atoms with van der Waals surface area (Å²) in [5, 5.41) is 10.3. The Labute approximate surface area is 155 Å². The van der Waals surface area contributed by atoms with E-state index in [1.165, 1.54) is 5.56 Å². The molecule has 1 N–H and O–H groups in total. The van der Waals surface area contributed by atoms with Crippen molar-refractivity contribution in [3.05, 3.63) is 74.4 Å². The van der Waals surface area contributed by atoms with Crippen LogP contribution in [0.1, 0.15) is 16.8 Å². The van der Waals surface area contributed by atoms with Crippen LogP contribution in [0.4, 0.5) is 5.82 Å². The first kappa shape index (κ1) is 15.8. The van der Waals surface area contributed by atoms with Crippen LogP contribution in [0, 0.1) is 0 Å². The molecule has 0 unspecified atom stereocenters. The van der Waals surface area contributed by atoms with E-state index in [4.69, 9.17) is 39.9 Å². The summed E-state index contributed by atoms with van der Waals surface area (Å²) in [5.41, 5.74) is 4.29. The van der Waals surface area contributed by atoms with E-state index in [9.17, 15) is 0 Å². The Kier molecular flexibility index (Phi) is 4.17. The van der Waals surface area contributed by atoms with Crippen molar-refractivity contribution in [2.45, 2.75) is 12.8 Å². The number of nitrogens with one attached hydrogen (secondary N) is 1. The second kappa shape index (κ2) is 6.32. The van der Waals surface area contributed by atoms with Crippen molar-refractivity contribution >= 4 is 40.6 Å². The Morgan fingerprint density at radius 3 is 2.50 bits per heavy atom. The van der Waals surface area contributed by atoms with Crippen LogP contribution in [0.3, 0.4) is 0 Å². The fourth-order valence-electron chi connectivity index (χ4n) is 3.00. The molecule has 6 heteroatoms. The van der Waals surface area contributed by atoms with Gasteiger partial charge < -0.3 is 5.32 Å². The summed E-state index contributed by atoms with van der Waals surface area (Å²) in [6.45, 7) is 0.919. The van der Waals surface area contributed by atoms with Crippen molar-refractivity contribution in [2.24, 2.45) is 0 Å². The van der Waals surface area contributed by atoms with Crippen LogP contribution in [-0.4, -0.2) is 16.3 Å². The van der Waals surface area contributed by atoms with Gasteiger partial charge in [0.1, 0.15) is 5.82 Å². The summed E-state index contributed by atoms with van der Waals surface area (Å²) < 4.78 is 1.94. The second-order valence-electron chi connectivity index (χ2n) is 5.75. The summed E-state index contributed by atoms with van der Waals surface area (Å²) in [6.07, 6.45) is 1.64. The summed E-state index contributed by atoms with van der Waals surface area (Å²) in [7, 11) is 0. The second-order valence-corrected chi connectivity index (χ2v) is 7.03. The van der Waals surface area contributed by atoms with E-state index in [0.717, 1.165) is 35.7 Å². The molecule has 1 aliphatic rings. The van der Waals surface area contributed by atoms with Crippen molar-refractivity contribution in [2.75, 3.05) is 11.9 Å². The van der Waals surface area contributed by atoms with Crippen LogP contribution in [0.2, 0.25) is 15.1 Å². The standard InChI is InChI=1S/C18H14Cl3N3/c19-12-3-5-14(6-4-12)24-18-15(7-8-22-18)17(23-24)9-11-1-2-13(20)10-16(11)21/h1-6,10,22H,7-9H2. The minimum atomic E-state index is 0.641. The predicted octanol–water partition coefficient (Wildman–Crippen LogP) is 5.39. The molecule has 4 rings (SSSR count). The molecular formula is C18H14Cl3N3. The van der Waals surface area contributed by atoms with Gasteiger partial charge in [-0.05, 0) is 48.4 Å². The third-order valence-electron chi connectivity index (χ3n) is 4.18. The third-order valence-corrected chi connectivity index (χ3v) is 5.02. The molecule has 0 atom stereocenters. The molecule has 0 spiro atoms. The van der Waals surface area contributed by atoms with Gasteiger partial charge >= 0.3 is 0 Å². The van der Waals surface area contributed by atoms with Gasteiger partial charge in [-0.1, -0.05) is 40.9 Å². The molecule has 3 aromatic rings. The van der Waals surface area contributed by atoms with E-state index < -0.39 is 0 Å². The van der Waals surface area contributed by atoms with E-state index in [2.05, 4.69) is 5.32 Å². The normalized spacial score (nSPS) is 13.0. The van der Waals surface area contributed by atoms with E-state index in [0.29, 0.717) is 21.5 Å².